The van der Waals surface area contributed by atoms with Crippen LogP contribution in [0.3, 0.4) is 0 Å². The van der Waals surface area contributed by atoms with Crippen LogP contribution in [0.15, 0.2) is 16.6 Å². The van der Waals surface area contributed by atoms with Crippen molar-refractivity contribution < 1.29 is 4.79 Å². The summed E-state index contributed by atoms with van der Waals surface area (Å²) in [5.74, 6) is 0.636. The lowest BCUT2D eigenvalue weighted by Crippen LogP contribution is -1.93. The highest BCUT2D eigenvalue weighted by Crippen LogP contribution is 2.43. The molecule has 1 saturated carbocycles. The Kier molecular flexibility index (Phi) is 2.24. The third-order valence-corrected chi connectivity index (χ3v) is 3.10. The van der Waals surface area contributed by atoms with Gasteiger partial charge >= 0.3 is 0 Å². The van der Waals surface area contributed by atoms with E-state index >= 15 is 0 Å². The van der Waals surface area contributed by atoms with Crippen LogP contribution in [0.1, 0.15) is 40.2 Å². The van der Waals surface area contributed by atoms with E-state index in [0.717, 1.165) is 16.3 Å². The minimum Gasteiger partial charge on any atom is -0.298 e. The first-order valence-corrected chi connectivity index (χ1v) is 5.27. The Morgan fingerprint density at radius 2 is 2.15 bits per heavy atom. The highest BCUT2D eigenvalue weighted by Gasteiger charge is 2.26. The van der Waals surface area contributed by atoms with Crippen molar-refractivity contribution in [3.8, 4) is 0 Å². The number of benzene rings is 1. The lowest BCUT2D eigenvalue weighted by Gasteiger charge is -2.06. The second-order valence-corrected chi connectivity index (χ2v) is 4.50. The summed E-state index contributed by atoms with van der Waals surface area (Å²) in [5, 5.41) is 0. The molecular weight excluding hydrogens is 228 g/mol. The molecule has 2 rings (SSSR count). The molecule has 0 spiro atoms. The molecule has 0 heterocycles. The summed E-state index contributed by atoms with van der Waals surface area (Å²) in [4.78, 5) is 10.9. The zero-order valence-corrected chi connectivity index (χ0v) is 9.10. The topological polar surface area (TPSA) is 17.1 Å². The van der Waals surface area contributed by atoms with Gasteiger partial charge in [-0.05, 0) is 42.9 Å². The third-order valence-electron chi connectivity index (χ3n) is 2.44. The van der Waals surface area contributed by atoms with Gasteiger partial charge in [0.25, 0.3) is 0 Å². The SMILES string of the molecule is Cc1cc(Br)c(C=O)c(C2CC2)c1. The number of hydrogen-bond acceptors (Lipinski definition) is 1. The second-order valence-electron chi connectivity index (χ2n) is 3.64. The number of hydrogen-bond donors (Lipinski definition) is 0. The van der Waals surface area contributed by atoms with Crippen LogP contribution in [0.25, 0.3) is 0 Å². The molecule has 0 amide bonds. The molecule has 0 unspecified atom stereocenters. The van der Waals surface area contributed by atoms with Crippen LogP contribution in [0, 0.1) is 6.92 Å². The summed E-state index contributed by atoms with van der Waals surface area (Å²) >= 11 is 3.42. The Bertz CT molecular complexity index is 353. The maximum Gasteiger partial charge on any atom is 0.151 e. The van der Waals surface area contributed by atoms with Crippen molar-refractivity contribution >= 4 is 22.2 Å². The fraction of sp³-hybridized carbons (Fsp3) is 0.364. The van der Waals surface area contributed by atoms with Crippen molar-refractivity contribution in [3.63, 3.8) is 0 Å². The van der Waals surface area contributed by atoms with Crippen molar-refractivity contribution in [2.24, 2.45) is 0 Å². The summed E-state index contributed by atoms with van der Waals surface area (Å²) in [6, 6.07) is 4.13. The number of aldehydes is 1. The summed E-state index contributed by atoms with van der Waals surface area (Å²) in [6.45, 7) is 2.06. The minimum atomic E-state index is 0.636. The Hall–Kier alpha value is -0.630. The quantitative estimate of drug-likeness (QED) is 0.722. The van der Waals surface area contributed by atoms with Crippen LogP contribution >= 0.6 is 15.9 Å². The summed E-state index contributed by atoms with van der Waals surface area (Å²) in [6.07, 6.45) is 3.42. The smallest absolute Gasteiger partial charge is 0.151 e. The van der Waals surface area contributed by atoms with Crippen LogP contribution in [-0.4, -0.2) is 6.29 Å². The fourth-order valence-electron chi connectivity index (χ4n) is 1.64. The van der Waals surface area contributed by atoms with Gasteiger partial charge in [0.1, 0.15) is 0 Å². The fourth-order valence-corrected chi connectivity index (χ4v) is 2.32. The lowest BCUT2D eigenvalue weighted by molar-refractivity contribution is 0.112. The molecule has 13 heavy (non-hydrogen) atoms. The van der Waals surface area contributed by atoms with E-state index in [-0.39, 0.29) is 0 Å². The van der Waals surface area contributed by atoms with Crippen LogP contribution in [0.4, 0.5) is 0 Å². The van der Waals surface area contributed by atoms with E-state index in [1.165, 1.54) is 24.0 Å². The Morgan fingerprint density at radius 3 is 2.69 bits per heavy atom. The molecule has 0 bridgehead atoms. The van der Waals surface area contributed by atoms with E-state index < -0.39 is 0 Å². The molecule has 1 nitrogen and oxygen atoms in total. The molecule has 1 aromatic rings. The summed E-state index contributed by atoms with van der Waals surface area (Å²) in [5.41, 5.74) is 3.29. The number of halogens is 1. The molecule has 68 valence electrons. The Balaban J connectivity index is 2.56. The molecule has 1 fully saturated rings. The molecule has 2 heteroatoms. The average Bonchev–Trinajstić information content (AvgIpc) is 2.85. The maximum atomic E-state index is 10.9. The van der Waals surface area contributed by atoms with Crippen molar-refractivity contribution in [3.05, 3.63) is 33.3 Å². The maximum absolute atomic E-state index is 10.9. The van der Waals surface area contributed by atoms with E-state index in [9.17, 15) is 4.79 Å². The molecule has 0 aliphatic heterocycles. The van der Waals surface area contributed by atoms with Gasteiger partial charge in [0, 0.05) is 10.0 Å². The molecule has 0 saturated heterocycles. The van der Waals surface area contributed by atoms with Gasteiger partial charge in [-0.15, -0.1) is 0 Å². The van der Waals surface area contributed by atoms with Crippen molar-refractivity contribution in [2.45, 2.75) is 25.7 Å². The minimum absolute atomic E-state index is 0.636. The molecule has 1 aliphatic carbocycles. The molecular formula is C11H11BrO. The first-order valence-electron chi connectivity index (χ1n) is 4.47. The average molecular weight is 239 g/mol. The first-order chi connectivity index (χ1) is 6.22. The van der Waals surface area contributed by atoms with Gasteiger partial charge in [0.15, 0.2) is 6.29 Å². The lowest BCUT2D eigenvalue weighted by atomic mass is 10.0. The molecule has 0 atom stereocenters. The predicted molar refractivity (Wildman–Crippen MR) is 56.2 cm³/mol. The number of aryl methyl sites for hydroxylation is 1. The molecule has 0 aromatic heterocycles. The first kappa shape index (κ1) is 8.95. The van der Waals surface area contributed by atoms with Crippen LogP contribution < -0.4 is 0 Å². The zero-order chi connectivity index (χ0) is 9.42. The number of carbonyl (C=O) groups is 1. The van der Waals surface area contributed by atoms with Crippen molar-refractivity contribution in [2.75, 3.05) is 0 Å². The van der Waals surface area contributed by atoms with E-state index in [1.54, 1.807) is 0 Å². The van der Waals surface area contributed by atoms with Crippen LogP contribution in [0.2, 0.25) is 0 Å². The second kappa shape index (κ2) is 3.26. The molecule has 1 aromatic carbocycles. The van der Waals surface area contributed by atoms with Gasteiger partial charge in [-0.3, -0.25) is 4.79 Å². The highest BCUT2D eigenvalue weighted by molar-refractivity contribution is 9.10. The summed E-state index contributed by atoms with van der Waals surface area (Å²) < 4.78 is 0.935. The zero-order valence-electron chi connectivity index (χ0n) is 7.51. The van der Waals surface area contributed by atoms with E-state index in [2.05, 4.69) is 28.9 Å². The predicted octanol–water partition coefficient (Wildman–Crippen LogP) is 3.45. The number of rotatable bonds is 2. The van der Waals surface area contributed by atoms with Gasteiger partial charge in [-0.1, -0.05) is 22.0 Å². The van der Waals surface area contributed by atoms with Gasteiger partial charge < -0.3 is 0 Å². The van der Waals surface area contributed by atoms with E-state index in [1.807, 2.05) is 6.07 Å². The molecule has 1 aliphatic rings. The van der Waals surface area contributed by atoms with Gasteiger partial charge in [0.05, 0.1) is 0 Å². The van der Waals surface area contributed by atoms with Crippen LogP contribution in [-0.2, 0) is 0 Å². The number of carbonyl (C=O) groups excluding carboxylic acids is 1. The van der Waals surface area contributed by atoms with Gasteiger partial charge in [-0.2, -0.15) is 0 Å². The van der Waals surface area contributed by atoms with Crippen LogP contribution in [0.5, 0.6) is 0 Å². The monoisotopic (exact) mass is 238 g/mol. The largest absolute Gasteiger partial charge is 0.298 e. The molecule has 0 radical (unpaired) electrons. The van der Waals surface area contributed by atoms with Gasteiger partial charge in [-0.25, -0.2) is 0 Å². The molecule has 0 N–H and O–H groups in total. The van der Waals surface area contributed by atoms with Crippen molar-refractivity contribution in [1.29, 1.82) is 0 Å². The Morgan fingerprint density at radius 1 is 1.46 bits per heavy atom. The van der Waals surface area contributed by atoms with E-state index in [0.29, 0.717) is 5.92 Å². The standard InChI is InChI=1S/C11H11BrO/c1-7-4-9(8-2-3-8)10(6-13)11(12)5-7/h4-6,8H,2-3H2,1H3. The summed E-state index contributed by atoms with van der Waals surface area (Å²) in [7, 11) is 0. The Labute approximate surface area is 86.3 Å². The third kappa shape index (κ3) is 1.68. The highest BCUT2D eigenvalue weighted by atomic mass is 79.9. The normalized spacial score (nSPS) is 15.8. The van der Waals surface area contributed by atoms with Gasteiger partial charge in [0.2, 0.25) is 0 Å². The van der Waals surface area contributed by atoms with Crippen molar-refractivity contribution in [1.82, 2.24) is 0 Å². The van der Waals surface area contributed by atoms with E-state index in [4.69, 9.17) is 0 Å².